The minimum atomic E-state index is -4.18. The van der Waals surface area contributed by atoms with E-state index in [0.717, 1.165) is 12.8 Å². The molecule has 0 aliphatic carbocycles. The van der Waals surface area contributed by atoms with Crippen LogP contribution in [0.25, 0.3) is 0 Å². The van der Waals surface area contributed by atoms with Gasteiger partial charge >= 0.3 is 13.9 Å². The Balaban J connectivity index is 3.58. The van der Waals surface area contributed by atoms with Gasteiger partial charge in [0, 0.05) is 20.2 Å². The third kappa shape index (κ3) is 20.9. The predicted molar refractivity (Wildman–Crippen MR) is 122 cm³/mol. The lowest BCUT2D eigenvalue weighted by Crippen LogP contribution is -2.31. The van der Waals surface area contributed by atoms with Crippen molar-refractivity contribution in [1.29, 1.82) is 0 Å². The molecule has 0 rings (SSSR count). The highest BCUT2D eigenvalue weighted by Gasteiger charge is 2.23. The third-order valence-corrected chi connectivity index (χ3v) is 5.81. The Kier molecular flexibility index (Phi) is 20.7. The average Bonchev–Trinajstić information content (AvgIpc) is 2.75. The maximum Gasteiger partial charge on any atom is 0.472 e. The van der Waals surface area contributed by atoms with E-state index in [-0.39, 0.29) is 26.4 Å². The number of amides is 1. The summed E-state index contributed by atoms with van der Waals surface area (Å²) in [6, 6.07) is 0. The lowest BCUT2D eigenvalue weighted by Gasteiger charge is -2.18. The van der Waals surface area contributed by atoms with Gasteiger partial charge in [0.1, 0.15) is 12.7 Å². The molecule has 0 aromatic carbocycles. The largest absolute Gasteiger partial charge is 0.472 e. The lowest BCUT2D eigenvalue weighted by atomic mass is 10.1. The van der Waals surface area contributed by atoms with Gasteiger partial charge in [-0.05, 0) is 6.42 Å². The molecule has 0 spiro atoms. The number of carbonyl (C=O) groups excluding carboxylic acids is 1. The van der Waals surface area contributed by atoms with Crippen LogP contribution in [-0.4, -0.2) is 57.1 Å². The smallest absolute Gasteiger partial charge is 0.447 e. The fraction of sp³-hybridized carbons (Fsp3) is 0.952. The first kappa shape index (κ1) is 30.3. The highest BCUT2D eigenvalue weighted by Crippen LogP contribution is 2.42. The number of unbranched alkanes of at least 4 members (excludes halogenated alkanes) is 11. The summed E-state index contributed by atoms with van der Waals surface area (Å²) < 4.78 is 31.1. The maximum atomic E-state index is 11.7. The van der Waals surface area contributed by atoms with E-state index < -0.39 is 20.0 Å². The number of phosphoric ester groups is 1. The Morgan fingerprint density at radius 2 is 1.48 bits per heavy atom. The Morgan fingerprint density at radius 1 is 0.935 bits per heavy atom. The van der Waals surface area contributed by atoms with Crippen LogP contribution in [0, 0.1) is 0 Å². The topological polar surface area (TPSA) is 129 Å². The number of rotatable bonds is 22. The molecule has 0 radical (unpaired) electrons. The number of ether oxygens (including phenoxy) is 2. The molecule has 9 nitrogen and oxygen atoms in total. The quantitative estimate of drug-likeness (QED) is 0.156. The number of hydrogen-bond donors (Lipinski definition) is 3. The number of alkyl carbamates (subject to hydrolysis) is 1. The van der Waals surface area contributed by atoms with Crippen molar-refractivity contribution in [3.8, 4) is 0 Å². The predicted octanol–water partition coefficient (Wildman–Crippen LogP) is 4.52. The first-order valence-corrected chi connectivity index (χ1v) is 13.2. The summed E-state index contributed by atoms with van der Waals surface area (Å²) >= 11 is 0. The summed E-state index contributed by atoms with van der Waals surface area (Å²) in [6.07, 6.45) is 13.9. The molecule has 0 saturated heterocycles. The van der Waals surface area contributed by atoms with Gasteiger partial charge in [-0.2, -0.15) is 0 Å². The van der Waals surface area contributed by atoms with Crippen LogP contribution in [0.3, 0.4) is 0 Å². The normalized spacial score (nSPS) is 14.2. The van der Waals surface area contributed by atoms with Gasteiger partial charge in [-0.3, -0.25) is 9.05 Å². The van der Waals surface area contributed by atoms with Crippen LogP contribution in [-0.2, 0) is 23.1 Å². The van der Waals surface area contributed by atoms with E-state index in [1.165, 1.54) is 71.3 Å². The van der Waals surface area contributed by atoms with Gasteiger partial charge < -0.3 is 25.4 Å². The standard InChI is InChI=1S/C21H45N2O7P/c1-3-4-5-6-7-8-9-10-11-12-13-14-16-23-21(24)28-18-20(27-2)19-30-31(25,26)29-17-15-22/h20H,3-19,22H2,1-2H3,(H,23,24)(H,25,26). The Labute approximate surface area is 188 Å². The molecular formula is C21H45N2O7P. The van der Waals surface area contributed by atoms with E-state index in [1.807, 2.05) is 0 Å². The van der Waals surface area contributed by atoms with Gasteiger partial charge in [-0.1, -0.05) is 77.6 Å². The molecule has 0 heterocycles. The first-order valence-electron chi connectivity index (χ1n) is 11.7. The number of carbonyl (C=O) groups is 1. The summed E-state index contributed by atoms with van der Waals surface area (Å²) in [5.74, 6) is 0. The van der Waals surface area contributed by atoms with Gasteiger partial charge in [0.05, 0.1) is 13.2 Å². The second-order valence-electron chi connectivity index (χ2n) is 7.66. The zero-order valence-electron chi connectivity index (χ0n) is 19.5. The lowest BCUT2D eigenvalue weighted by molar-refractivity contribution is -0.00106. The SMILES string of the molecule is CCCCCCCCCCCCCCNC(=O)OCC(COP(=O)(O)OCCN)OC. The van der Waals surface area contributed by atoms with Crippen molar-refractivity contribution < 1.29 is 32.8 Å². The minimum Gasteiger partial charge on any atom is -0.447 e. The zero-order chi connectivity index (χ0) is 23.2. The highest BCUT2D eigenvalue weighted by molar-refractivity contribution is 7.47. The Hall–Kier alpha value is -0.700. The van der Waals surface area contributed by atoms with Crippen LogP contribution in [0.4, 0.5) is 4.79 Å². The molecule has 4 N–H and O–H groups in total. The van der Waals surface area contributed by atoms with Gasteiger partial charge in [-0.25, -0.2) is 9.36 Å². The molecule has 0 fully saturated rings. The molecular weight excluding hydrogens is 423 g/mol. The molecule has 0 bridgehead atoms. The molecule has 0 aromatic heterocycles. The van der Waals surface area contributed by atoms with E-state index in [0.29, 0.717) is 6.54 Å². The average molecular weight is 469 g/mol. The van der Waals surface area contributed by atoms with Crippen molar-refractivity contribution in [2.75, 3.05) is 40.0 Å². The molecule has 10 heteroatoms. The highest BCUT2D eigenvalue weighted by atomic mass is 31.2. The molecule has 186 valence electrons. The Bertz CT molecular complexity index is 469. The second kappa shape index (κ2) is 21.2. The molecule has 0 saturated carbocycles. The van der Waals surface area contributed by atoms with Gasteiger partial charge in [-0.15, -0.1) is 0 Å². The van der Waals surface area contributed by atoms with E-state index in [2.05, 4.69) is 16.8 Å². The number of nitrogens with one attached hydrogen (secondary N) is 1. The summed E-state index contributed by atoms with van der Waals surface area (Å²) in [5, 5.41) is 2.70. The second-order valence-corrected chi connectivity index (χ2v) is 9.11. The number of phosphoric acid groups is 1. The minimum absolute atomic E-state index is 0.0938. The van der Waals surface area contributed by atoms with Crippen LogP contribution < -0.4 is 11.1 Å². The van der Waals surface area contributed by atoms with Crippen molar-refractivity contribution in [2.24, 2.45) is 5.73 Å². The molecule has 0 aromatic rings. The van der Waals surface area contributed by atoms with Gasteiger partial charge in [0.15, 0.2) is 0 Å². The monoisotopic (exact) mass is 468 g/mol. The summed E-state index contributed by atoms with van der Waals surface area (Å²) in [5.41, 5.74) is 5.21. The van der Waals surface area contributed by atoms with E-state index in [1.54, 1.807) is 0 Å². The van der Waals surface area contributed by atoms with E-state index >= 15 is 0 Å². The van der Waals surface area contributed by atoms with Crippen molar-refractivity contribution in [2.45, 2.75) is 90.1 Å². The summed E-state index contributed by atoms with van der Waals surface area (Å²) in [7, 11) is -2.79. The fourth-order valence-electron chi connectivity index (χ4n) is 2.94. The van der Waals surface area contributed by atoms with Crippen LogP contribution in [0.2, 0.25) is 0 Å². The fourth-order valence-corrected chi connectivity index (χ4v) is 3.71. The molecule has 1 amide bonds. The first-order chi connectivity index (χ1) is 14.9. The van der Waals surface area contributed by atoms with Crippen LogP contribution in [0.5, 0.6) is 0 Å². The van der Waals surface area contributed by atoms with E-state index in [4.69, 9.17) is 19.7 Å². The van der Waals surface area contributed by atoms with Crippen LogP contribution in [0.1, 0.15) is 84.0 Å². The van der Waals surface area contributed by atoms with Crippen molar-refractivity contribution in [3.05, 3.63) is 0 Å². The maximum absolute atomic E-state index is 11.7. The Morgan fingerprint density at radius 3 is 2.00 bits per heavy atom. The van der Waals surface area contributed by atoms with Gasteiger partial charge in [0.25, 0.3) is 0 Å². The molecule has 0 aliphatic heterocycles. The van der Waals surface area contributed by atoms with Crippen molar-refractivity contribution >= 4 is 13.9 Å². The van der Waals surface area contributed by atoms with Gasteiger partial charge in [0.2, 0.25) is 0 Å². The van der Waals surface area contributed by atoms with Crippen molar-refractivity contribution in [3.63, 3.8) is 0 Å². The molecule has 0 aliphatic rings. The number of nitrogens with two attached hydrogens (primary N) is 1. The van der Waals surface area contributed by atoms with Crippen LogP contribution in [0.15, 0.2) is 0 Å². The number of hydrogen-bond acceptors (Lipinski definition) is 7. The van der Waals surface area contributed by atoms with E-state index in [9.17, 15) is 14.3 Å². The molecule has 2 unspecified atom stereocenters. The van der Waals surface area contributed by atoms with Crippen LogP contribution >= 0.6 is 7.82 Å². The number of methoxy groups -OCH3 is 1. The van der Waals surface area contributed by atoms with Crippen molar-refractivity contribution in [1.82, 2.24) is 5.32 Å². The summed E-state index contributed by atoms with van der Waals surface area (Å²) in [4.78, 5) is 21.2. The molecule has 31 heavy (non-hydrogen) atoms. The third-order valence-electron chi connectivity index (χ3n) is 4.83. The molecule has 2 atom stereocenters. The summed E-state index contributed by atoms with van der Waals surface area (Å²) in [6.45, 7) is 2.46. The zero-order valence-corrected chi connectivity index (χ0v) is 20.4.